The molecule has 2 rings (SSSR count). The van der Waals surface area contributed by atoms with E-state index in [1.165, 1.54) is 0 Å². The van der Waals surface area contributed by atoms with Gasteiger partial charge in [0.2, 0.25) is 11.8 Å². The quantitative estimate of drug-likeness (QED) is 0.888. The second-order valence-corrected chi connectivity index (χ2v) is 5.43. The summed E-state index contributed by atoms with van der Waals surface area (Å²) >= 11 is 0. The van der Waals surface area contributed by atoms with Crippen LogP contribution < -0.4 is 11.1 Å². The predicted octanol–water partition coefficient (Wildman–Crippen LogP) is 1.88. The Hall–Kier alpha value is -1.88. The van der Waals surface area contributed by atoms with Gasteiger partial charge in [-0.25, -0.2) is 0 Å². The van der Waals surface area contributed by atoms with Crippen LogP contribution in [0.5, 0.6) is 0 Å². The largest absolute Gasteiger partial charge is 0.333 e. The molecular weight excluding hydrogens is 266 g/mol. The van der Waals surface area contributed by atoms with Crippen molar-refractivity contribution in [3.05, 3.63) is 29.8 Å². The molecule has 0 atom stereocenters. The Balaban J connectivity index is 1.88. The van der Waals surface area contributed by atoms with Gasteiger partial charge in [-0.2, -0.15) is 0 Å². The van der Waals surface area contributed by atoms with E-state index in [1.807, 2.05) is 24.3 Å². The number of carbonyl (C=O) groups is 2. The Morgan fingerprint density at radius 1 is 1.14 bits per heavy atom. The molecule has 21 heavy (non-hydrogen) atoms. The van der Waals surface area contributed by atoms with Gasteiger partial charge in [0.1, 0.15) is 0 Å². The van der Waals surface area contributed by atoms with Crippen LogP contribution in [-0.4, -0.2) is 29.8 Å². The van der Waals surface area contributed by atoms with E-state index < -0.39 is 0 Å². The van der Waals surface area contributed by atoms with Gasteiger partial charge in [0.05, 0.1) is 6.54 Å². The minimum absolute atomic E-state index is 0.0864. The molecule has 1 saturated heterocycles. The number of hydrogen-bond acceptors (Lipinski definition) is 3. The van der Waals surface area contributed by atoms with Crippen molar-refractivity contribution < 1.29 is 9.59 Å². The fraction of sp³-hybridized carbons (Fsp3) is 0.500. The lowest BCUT2D eigenvalue weighted by molar-refractivity contribution is -0.135. The molecule has 2 amide bonds. The van der Waals surface area contributed by atoms with Crippen LogP contribution in [-0.2, 0) is 16.1 Å². The summed E-state index contributed by atoms with van der Waals surface area (Å²) < 4.78 is 0. The summed E-state index contributed by atoms with van der Waals surface area (Å²) in [5, 5.41) is 2.82. The zero-order valence-electron chi connectivity index (χ0n) is 12.3. The van der Waals surface area contributed by atoms with Crippen molar-refractivity contribution in [3.8, 4) is 0 Å². The molecular formula is C16H23N3O2. The van der Waals surface area contributed by atoms with E-state index in [9.17, 15) is 9.59 Å². The van der Waals surface area contributed by atoms with E-state index in [1.54, 1.807) is 4.90 Å². The van der Waals surface area contributed by atoms with Crippen molar-refractivity contribution in [2.45, 2.75) is 38.6 Å². The molecule has 3 N–H and O–H groups in total. The second kappa shape index (κ2) is 7.78. The van der Waals surface area contributed by atoms with Crippen LogP contribution in [0.25, 0.3) is 0 Å². The Morgan fingerprint density at radius 3 is 2.57 bits per heavy atom. The van der Waals surface area contributed by atoms with E-state index in [4.69, 9.17) is 5.73 Å². The highest BCUT2D eigenvalue weighted by molar-refractivity contribution is 5.94. The molecule has 1 heterocycles. The summed E-state index contributed by atoms with van der Waals surface area (Å²) in [6, 6.07) is 7.43. The van der Waals surface area contributed by atoms with Gasteiger partial charge in [-0.3, -0.25) is 9.59 Å². The Kier molecular flexibility index (Phi) is 5.75. The van der Waals surface area contributed by atoms with Gasteiger partial charge in [-0.05, 0) is 30.5 Å². The normalized spacial score (nSPS) is 16.2. The Bertz CT molecular complexity index is 485. The number of nitrogens with zero attached hydrogens (tertiary/aromatic N) is 1. The molecule has 0 radical (unpaired) electrons. The maximum atomic E-state index is 12.0. The topological polar surface area (TPSA) is 75.4 Å². The molecule has 114 valence electrons. The van der Waals surface area contributed by atoms with E-state index in [0.717, 1.165) is 36.9 Å². The average molecular weight is 289 g/mol. The van der Waals surface area contributed by atoms with Crippen molar-refractivity contribution in [3.63, 3.8) is 0 Å². The summed E-state index contributed by atoms with van der Waals surface area (Å²) in [7, 11) is 0. The number of anilines is 1. The maximum absolute atomic E-state index is 12.0. The molecule has 5 heteroatoms. The fourth-order valence-corrected chi connectivity index (χ4v) is 2.48. The first-order valence-electron chi connectivity index (χ1n) is 7.55. The fourth-order valence-electron chi connectivity index (χ4n) is 2.48. The number of carbonyl (C=O) groups excluding carboxylic acids is 2. The van der Waals surface area contributed by atoms with E-state index in [0.29, 0.717) is 19.5 Å². The summed E-state index contributed by atoms with van der Waals surface area (Å²) in [6.45, 7) is 1.30. The van der Waals surface area contributed by atoms with Crippen LogP contribution in [0, 0.1) is 0 Å². The molecule has 0 saturated carbocycles. The lowest BCUT2D eigenvalue weighted by Gasteiger charge is -2.24. The molecule has 0 spiro atoms. The van der Waals surface area contributed by atoms with Crippen molar-refractivity contribution in [2.24, 2.45) is 5.73 Å². The van der Waals surface area contributed by atoms with E-state index in [2.05, 4.69) is 5.32 Å². The summed E-state index contributed by atoms with van der Waals surface area (Å²) in [4.78, 5) is 25.7. The summed E-state index contributed by atoms with van der Waals surface area (Å²) in [5.74, 6) is -0.0623. The van der Waals surface area contributed by atoms with Gasteiger partial charge >= 0.3 is 0 Å². The van der Waals surface area contributed by atoms with Crippen molar-refractivity contribution in [2.75, 3.05) is 18.4 Å². The number of benzene rings is 1. The number of rotatable bonds is 4. The lowest BCUT2D eigenvalue weighted by atomic mass is 10.1. The van der Waals surface area contributed by atoms with Gasteiger partial charge in [0.25, 0.3) is 0 Å². The molecule has 5 nitrogen and oxygen atoms in total. The lowest BCUT2D eigenvalue weighted by Crippen LogP contribution is -2.39. The van der Waals surface area contributed by atoms with Gasteiger partial charge < -0.3 is 16.0 Å². The third-order valence-electron chi connectivity index (χ3n) is 3.73. The smallest absolute Gasteiger partial charge is 0.243 e. The first-order chi connectivity index (χ1) is 10.2. The molecule has 1 fully saturated rings. The van der Waals surface area contributed by atoms with Crippen molar-refractivity contribution in [1.29, 1.82) is 0 Å². The minimum atomic E-state index is -0.149. The van der Waals surface area contributed by atoms with Crippen LogP contribution in [0.15, 0.2) is 24.3 Å². The van der Waals surface area contributed by atoms with Crippen molar-refractivity contribution in [1.82, 2.24) is 4.90 Å². The maximum Gasteiger partial charge on any atom is 0.243 e. The average Bonchev–Trinajstić information content (AvgIpc) is 2.48. The standard InChI is InChI=1S/C16H23N3O2/c17-11-13-6-8-14(9-7-13)18-15(20)12-19-10-4-2-1-3-5-16(19)21/h6-9H,1-5,10-12,17H2,(H,18,20). The molecule has 1 aromatic rings. The molecule has 1 aromatic carbocycles. The van der Waals surface area contributed by atoms with Crippen LogP contribution in [0.1, 0.15) is 37.7 Å². The van der Waals surface area contributed by atoms with Crippen LogP contribution in [0.3, 0.4) is 0 Å². The highest BCUT2D eigenvalue weighted by Crippen LogP contribution is 2.13. The monoisotopic (exact) mass is 289 g/mol. The van der Waals surface area contributed by atoms with Gasteiger partial charge in [-0.15, -0.1) is 0 Å². The van der Waals surface area contributed by atoms with Gasteiger partial charge in [0.15, 0.2) is 0 Å². The molecule has 0 aliphatic carbocycles. The first kappa shape index (κ1) is 15.5. The number of amides is 2. The third-order valence-corrected chi connectivity index (χ3v) is 3.73. The minimum Gasteiger partial charge on any atom is -0.333 e. The van der Waals surface area contributed by atoms with E-state index in [-0.39, 0.29) is 18.4 Å². The molecule has 1 aliphatic heterocycles. The van der Waals surface area contributed by atoms with Crippen LogP contribution >= 0.6 is 0 Å². The van der Waals surface area contributed by atoms with Gasteiger partial charge in [0, 0.05) is 25.2 Å². The molecule has 0 unspecified atom stereocenters. The van der Waals surface area contributed by atoms with Crippen LogP contribution in [0.4, 0.5) is 5.69 Å². The number of hydrogen-bond donors (Lipinski definition) is 2. The SMILES string of the molecule is NCc1ccc(NC(=O)CN2CCCCCCC2=O)cc1. The highest BCUT2D eigenvalue weighted by atomic mass is 16.2. The zero-order chi connectivity index (χ0) is 15.1. The number of nitrogens with two attached hydrogens (primary N) is 1. The second-order valence-electron chi connectivity index (χ2n) is 5.43. The Labute approximate surface area is 125 Å². The van der Waals surface area contributed by atoms with Gasteiger partial charge in [-0.1, -0.05) is 25.0 Å². The summed E-state index contributed by atoms with van der Waals surface area (Å²) in [6.07, 6.45) is 4.70. The molecule has 1 aliphatic rings. The third kappa shape index (κ3) is 4.86. The van der Waals surface area contributed by atoms with Crippen molar-refractivity contribution >= 4 is 17.5 Å². The Morgan fingerprint density at radius 2 is 1.86 bits per heavy atom. The van der Waals surface area contributed by atoms with E-state index >= 15 is 0 Å². The number of nitrogens with one attached hydrogen (secondary N) is 1. The zero-order valence-corrected chi connectivity index (χ0v) is 12.3. The van der Waals surface area contributed by atoms with Crippen LogP contribution in [0.2, 0.25) is 0 Å². The first-order valence-corrected chi connectivity index (χ1v) is 7.55. The highest BCUT2D eigenvalue weighted by Gasteiger charge is 2.18. The summed E-state index contributed by atoms with van der Waals surface area (Å²) in [5.41, 5.74) is 7.29. The molecule has 0 aromatic heterocycles. The number of likely N-dealkylation sites (tertiary alicyclic amines) is 1. The molecule has 0 bridgehead atoms. The predicted molar refractivity (Wildman–Crippen MR) is 82.6 cm³/mol.